The van der Waals surface area contributed by atoms with Gasteiger partial charge in [0, 0.05) is 25.8 Å². The lowest BCUT2D eigenvalue weighted by atomic mass is 10.00. The van der Waals surface area contributed by atoms with Crippen molar-refractivity contribution in [2.75, 3.05) is 11.4 Å². The average molecular weight is 441 g/mol. The van der Waals surface area contributed by atoms with Crippen molar-refractivity contribution in [2.24, 2.45) is 5.92 Å². The van der Waals surface area contributed by atoms with Gasteiger partial charge in [0.25, 0.3) is 5.91 Å². The number of hydrogen-bond donors (Lipinski definition) is 1. The maximum absolute atomic E-state index is 12.8. The van der Waals surface area contributed by atoms with Gasteiger partial charge in [-0.3, -0.25) is 4.79 Å². The Balaban J connectivity index is 1.36. The van der Waals surface area contributed by atoms with Crippen LogP contribution in [0.3, 0.4) is 0 Å². The number of nitrogens with zero attached hydrogens (tertiary/aromatic N) is 3. The minimum absolute atomic E-state index is 0.0563. The molecule has 4 rings (SSSR count). The lowest BCUT2D eigenvalue weighted by Crippen LogP contribution is -2.41. The van der Waals surface area contributed by atoms with Crippen LogP contribution in [0.1, 0.15) is 36.1 Å². The minimum atomic E-state index is -0.694. The highest BCUT2D eigenvalue weighted by Crippen LogP contribution is 2.23. The largest absolute Gasteiger partial charge is 0.479 e. The van der Waals surface area contributed by atoms with Crippen LogP contribution in [0, 0.1) is 17.2 Å². The van der Waals surface area contributed by atoms with Gasteiger partial charge in [0.2, 0.25) is 0 Å². The number of carbonyl (C=O) groups excluding carboxylic acids is 1. The van der Waals surface area contributed by atoms with E-state index in [1.807, 2.05) is 32.2 Å². The number of carbonyl (C=O) groups is 1. The molecule has 1 aromatic heterocycles. The highest BCUT2D eigenvalue weighted by molar-refractivity contribution is 5.81. The van der Waals surface area contributed by atoms with Gasteiger partial charge in [-0.1, -0.05) is 56.3 Å². The van der Waals surface area contributed by atoms with Gasteiger partial charge in [-0.15, -0.1) is 0 Å². The third kappa shape index (κ3) is 5.32. The lowest BCUT2D eigenvalue weighted by molar-refractivity contribution is -0.130. The van der Waals surface area contributed by atoms with Crippen molar-refractivity contribution in [1.82, 2.24) is 10.3 Å². The van der Waals surface area contributed by atoms with E-state index < -0.39 is 6.10 Å². The predicted octanol–water partition coefficient (Wildman–Crippen LogP) is 4.24. The number of rotatable bonds is 7. The second-order valence-electron chi connectivity index (χ2n) is 8.57. The van der Waals surface area contributed by atoms with Gasteiger partial charge in [0.1, 0.15) is 17.6 Å². The molecule has 1 aliphatic heterocycles. The highest BCUT2D eigenvalue weighted by Gasteiger charge is 2.25. The monoisotopic (exact) mass is 440 g/mol. The molecule has 1 amide bonds. The van der Waals surface area contributed by atoms with E-state index in [-0.39, 0.29) is 11.8 Å². The quantitative estimate of drug-likeness (QED) is 0.595. The molecule has 2 heterocycles. The maximum atomic E-state index is 12.8. The fraction of sp³-hybridized carbons (Fsp3) is 0.296. The fourth-order valence-corrected chi connectivity index (χ4v) is 3.98. The van der Waals surface area contributed by atoms with E-state index in [0.29, 0.717) is 17.9 Å². The summed E-state index contributed by atoms with van der Waals surface area (Å²) in [4.78, 5) is 19.8. The topological polar surface area (TPSA) is 78.2 Å². The van der Waals surface area contributed by atoms with Crippen molar-refractivity contribution >= 4 is 11.7 Å². The molecule has 1 N–H and O–H groups in total. The Morgan fingerprint density at radius 1 is 1.12 bits per heavy atom. The van der Waals surface area contributed by atoms with Crippen molar-refractivity contribution in [3.63, 3.8) is 0 Å². The van der Waals surface area contributed by atoms with Gasteiger partial charge in [0.15, 0.2) is 6.10 Å². The first kappa shape index (κ1) is 22.3. The molecule has 6 heteroatoms. The second-order valence-corrected chi connectivity index (χ2v) is 8.57. The number of amides is 1. The minimum Gasteiger partial charge on any atom is -0.479 e. The Bertz CT molecular complexity index is 1150. The van der Waals surface area contributed by atoms with Gasteiger partial charge >= 0.3 is 0 Å². The van der Waals surface area contributed by atoms with E-state index >= 15 is 0 Å². The van der Waals surface area contributed by atoms with Crippen LogP contribution in [0.5, 0.6) is 5.75 Å². The zero-order chi connectivity index (χ0) is 23.2. The molecule has 168 valence electrons. The number of nitriles is 1. The Labute approximate surface area is 194 Å². The van der Waals surface area contributed by atoms with Crippen LogP contribution in [0.15, 0.2) is 66.9 Å². The first-order valence-corrected chi connectivity index (χ1v) is 11.3. The average Bonchev–Trinajstić information content (AvgIpc) is 2.86. The summed E-state index contributed by atoms with van der Waals surface area (Å²) in [5, 5.41) is 12.2. The number of hydrogen-bond acceptors (Lipinski definition) is 5. The third-order valence-corrected chi connectivity index (χ3v) is 5.86. The molecule has 0 bridgehead atoms. The van der Waals surface area contributed by atoms with Crippen molar-refractivity contribution in [1.29, 1.82) is 5.26 Å². The first-order valence-electron chi connectivity index (χ1n) is 11.3. The van der Waals surface area contributed by atoms with Gasteiger partial charge in [-0.2, -0.15) is 5.26 Å². The van der Waals surface area contributed by atoms with Gasteiger partial charge in [0.05, 0.1) is 5.56 Å². The predicted molar refractivity (Wildman–Crippen MR) is 128 cm³/mol. The van der Waals surface area contributed by atoms with Crippen LogP contribution in [0.25, 0.3) is 0 Å². The van der Waals surface area contributed by atoms with E-state index in [1.165, 1.54) is 11.1 Å². The lowest BCUT2D eigenvalue weighted by Gasteiger charge is -2.29. The Morgan fingerprint density at radius 3 is 2.61 bits per heavy atom. The SMILES string of the molecule is CC(C)C(Oc1ccccc1C#N)C(=O)NCc1ccc(N2CCc3ccccc3C2)nc1. The van der Waals surface area contributed by atoms with Crippen molar-refractivity contribution in [3.8, 4) is 11.8 Å². The van der Waals surface area contributed by atoms with Crippen molar-refractivity contribution in [3.05, 3.63) is 89.1 Å². The standard InChI is InChI=1S/C27H28N4O2/c1-19(2)26(33-24-10-6-5-8-22(24)15-28)27(32)30-17-20-11-12-25(29-16-20)31-14-13-21-7-3-4-9-23(21)18-31/h3-12,16,19,26H,13-14,17-18H2,1-2H3,(H,30,32). The third-order valence-electron chi connectivity index (χ3n) is 5.86. The number of fused-ring (bicyclic) bond motifs is 1. The molecule has 1 unspecified atom stereocenters. The molecule has 0 fully saturated rings. The first-order chi connectivity index (χ1) is 16.0. The highest BCUT2D eigenvalue weighted by atomic mass is 16.5. The maximum Gasteiger partial charge on any atom is 0.261 e. The van der Waals surface area contributed by atoms with Crippen LogP contribution in [-0.4, -0.2) is 23.5 Å². The zero-order valence-electron chi connectivity index (χ0n) is 19.0. The van der Waals surface area contributed by atoms with E-state index in [1.54, 1.807) is 24.3 Å². The number of anilines is 1. The van der Waals surface area contributed by atoms with Crippen LogP contribution in [-0.2, 0) is 24.3 Å². The Morgan fingerprint density at radius 2 is 1.88 bits per heavy atom. The number of nitrogens with one attached hydrogen (secondary N) is 1. The Hall–Kier alpha value is -3.85. The van der Waals surface area contributed by atoms with Crippen LogP contribution in [0.2, 0.25) is 0 Å². The van der Waals surface area contributed by atoms with E-state index in [2.05, 4.69) is 45.5 Å². The van der Waals surface area contributed by atoms with Crippen LogP contribution >= 0.6 is 0 Å². The van der Waals surface area contributed by atoms with Crippen LogP contribution < -0.4 is 15.0 Å². The zero-order valence-corrected chi connectivity index (χ0v) is 19.0. The number of benzene rings is 2. The molecule has 33 heavy (non-hydrogen) atoms. The van der Waals surface area contributed by atoms with Gasteiger partial charge in [-0.25, -0.2) is 4.98 Å². The van der Waals surface area contributed by atoms with E-state index in [9.17, 15) is 10.1 Å². The van der Waals surface area contributed by atoms with Crippen LogP contribution in [0.4, 0.5) is 5.82 Å². The molecule has 0 spiro atoms. The summed E-state index contributed by atoms with van der Waals surface area (Å²) in [5.41, 5.74) is 4.09. The summed E-state index contributed by atoms with van der Waals surface area (Å²) < 4.78 is 5.92. The number of para-hydroxylation sites is 1. The van der Waals surface area contributed by atoms with Gasteiger partial charge in [-0.05, 0) is 47.2 Å². The molecule has 3 aromatic rings. The molecule has 0 saturated heterocycles. The summed E-state index contributed by atoms with van der Waals surface area (Å²) in [5.74, 6) is 1.09. The molecular weight excluding hydrogens is 412 g/mol. The summed E-state index contributed by atoms with van der Waals surface area (Å²) in [6, 6.07) is 21.6. The summed E-state index contributed by atoms with van der Waals surface area (Å²) >= 11 is 0. The summed E-state index contributed by atoms with van der Waals surface area (Å²) in [7, 11) is 0. The molecule has 0 saturated carbocycles. The number of pyridine rings is 1. The summed E-state index contributed by atoms with van der Waals surface area (Å²) in [6.07, 6.45) is 2.13. The normalized spacial score (nSPS) is 13.7. The fourth-order valence-electron chi connectivity index (χ4n) is 3.98. The van der Waals surface area contributed by atoms with Crippen molar-refractivity contribution in [2.45, 2.75) is 39.5 Å². The van der Waals surface area contributed by atoms with E-state index in [4.69, 9.17) is 4.74 Å². The van der Waals surface area contributed by atoms with Crippen molar-refractivity contribution < 1.29 is 9.53 Å². The molecular formula is C27H28N4O2. The van der Waals surface area contributed by atoms with Gasteiger partial charge < -0.3 is 15.0 Å². The van der Waals surface area contributed by atoms with E-state index in [0.717, 1.165) is 30.9 Å². The molecule has 1 atom stereocenters. The molecule has 0 radical (unpaired) electrons. The number of ether oxygens (including phenoxy) is 1. The molecule has 6 nitrogen and oxygen atoms in total. The molecule has 1 aliphatic rings. The second kappa shape index (κ2) is 10.2. The number of aromatic nitrogens is 1. The summed E-state index contributed by atoms with van der Waals surface area (Å²) in [6.45, 7) is 6.01. The molecule has 0 aliphatic carbocycles. The Kier molecular flexibility index (Phi) is 6.89. The smallest absolute Gasteiger partial charge is 0.261 e. The molecule has 2 aromatic carbocycles.